The van der Waals surface area contributed by atoms with Crippen LogP contribution in [0.3, 0.4) is 0 Å². The Hall–Kier alpha value is -1.62. The third-order valence-corrected chi connectivity index (χ3v) is 3.70. The highest BCUT2D eigenvalue weighted by Gasteiger charge is 2.07. The quantitative estimate of drug-likeness (QED) is 0.843. The van der Waals surface area contributed by atoms with Gasteiger partial charge >= 0.3 is 0 Å². The lowest BCUT2D eigenvalue weighted by molar-refractivity contribution is 0.317. The van der Waals surface area contributed by atoms with Crippen LogP contribution in [-0.2, 0) is 19.5 Å². The van der Waals surface area contributed by atoms with Gasteiger partial charge in [-0.3, -0.25) is 9.78 Å². The number of aromatic nitrogens is 4. The van der Waals surface area contributed by atoms with Crippen molar-refractivity contribution in [2.24, 2.45) is 0 Å². The monoisotopic (exact) mass is 275 g/mol. The van der Waals surface area contributed by atoms with E-state index < -0.39 is 0 Å². The largest absolute Gasteiger partial charge is 0.300 e. The Morgan fingerprint density at radius 1 is 1.35 bits per heavy atom. The second-order valence-electron chi connectivity index (χ2n) is 5.42. The zero-order chi connectivity index (χ0) is 14.5. The molecule has 0 fully saturated rings. The average Bonchev–Trinajstić information content (AvgIpc) is 2.99. The van der Waals surface area contributed by atoms with Crippen LogP contribution in [0.4, 0.5) is 0 Å². The molecule has 2 heterocycles. The van der Waals surface area contributed by atoms with E-state index in [2.05, 4.69) is 54.1 Å². The van der Waals surface area contributed by atoms with E-state index in [0.717, 1.165) is 43.9 Å². The summed E-state index contributed by atoms with van der Waals surface area (Å²) in [5.41, 5.74) is 4.84. The first-order valence-electron chi connectivity index (χ1n) is 7.31. The Morgan fingerprint density at radius 3 is 2.75 bits per heavy atom. The van der Waals surface area contributed by atoms with Crippen LogP contribution < -0.4 is 0 Å². The SMILES string of the molecule is CCn1ccc(CN(C)CCCc2c(C)n[nH]c2C)n1. The van der Waals surface area contributed by atoms with Crippen molar-refractivity contribution in [3.8, 4) is 0 Å². The van der Waals surface area contributed by atoms with Gasteiger partial charge in [0.15, 0.2) is 0 Å². The van der Waals surface area contributed by atoms with Gasteiger partial charge in [-0.1, -0.05) is 0 Å². The van der Waals surface area contributed by atoms with E-state index in [9.17, 15) is 0 Å². The van der Waals surface area contributed by atoms with E-state index in [1.165, 1.54) is 11.3 Å². The van der Waals surface area contributed by atoms with Crippen LogP contribution >= 0.6 is 0 Å². The molecule has 0 spiro atoms. The third kappa shape index (κ3) is 3.70. The summed E-state index contributed by atoms with van der Waals surface area (Å²) in [7, 11) is 2.15. The molecule has 110 valence electrons. The first-order valence-corrected chi connectivity index (χ1v) is 7.31. The lowest BCUT2D eigenvalue weighted by Gasteiger charge is -2.15. The van der Waals surface area contributed by atoms with Crippen molar-refractivity contribution < 1.29 is 0 Å². The summed E-state index contributed by atoms with van der Waals surface area (Å²) in [6.45, 7) is 9.19. The third-order valence-electron chi connectivity index (χ3n) is 3.70. The molecule has 2 aromatic heterocycles. The van der Waals surface area contributed by atoms with Crippen LogP contribution in [0.25, 0.3) is 0 Å². The number of hydrogen-bond donors (Lipinski definition) is 1. The van der Waals surface area contributed by atoms with Crippen molar-refractivity contribution in [2.75, 3.05) is 13.6 Å². The number of aryl methyl sites for hydroxylation is 3. The van der Waals surface area contributed by atoms with Gasteiger partial charge in [-0.05, 0) is 58.8 Å². The van der Waals surface area contributed by atoms with Crippen molar-refractivity contribution in [2.45, 2.75) is 46.7 Å². The molecule has 0 aliphatic heterocycles. The zero-order valence-corrected chi connectivity index (χ0v) is 13.0. The highest BCUT2D eigenvalue weighted by molar-refractivity contribution is 5.23. The topological polar surface area (TPSA) is 49.7 Å². The zero-order valence-electron chi connectivity index (χ0n) is 13.0. The van der Waals surface area contributed by atoms with Gasteiger partial charge in [0.1, 0.15) is 0 Å². The molecular formula is C15H25N5. The van der Waals surface area contributed by atoms with E-state index in [1.54, 1.807) is 0 Å². The Kier molecular flexibility index (Phi) is 4.95. The predicted octanol–water partition coefficient (Wildman–Crippen LogP) is 2.31. The van der Waals surface area contributed by atoms with Gasteiger partial charge in [0.05, 0.1) is 11.4 Å². The fourth-order valence-corrected chi connectivity index (χ4v) is 2.49. The van der Waals surface area contributed by atoms with E-state index in [4.69, 9.17) is 0 Å². The summed E-state index contributed by atoms with van der Waals surface area (Å²) >= 11 is 0. The first kappa shape index (κ1) is 14.8. The minimum atomic E-state index is 0.913. The molecule has 0 radical (unpaired) electrons. The number of rotatable bonds is 7. The first-order chi connectivity index (χ1) is 9.60. The van der Waals surface area contributed by atoms with Crippen molar-refractivity contribution in [1.29, 1.82) is 0 Å². The molecule has 2 rings (SSSR count). The van der Waals surface area contributed by atoms with Crippen molar-refractivity contribution in [3.05, 3.63) is 34.9 Å². The number of nitrogens with one attached hydrogen (secondary N) is 1. The smallest absolute Gasteiger partial charge is 0.0764 e. The summed E-state index contributed by atoms with van der Waals surface area (Å²) in [4.78, 5) is 2.33. The Labute approximate surface area is 121 Å². The van der Waals surface area contributed by atoms with E-state index in [0.29, 0.717) is 0 Å². The molecule has 5 heteroatoms. The molecule has 0 saturated carbocycles. The molecule has 20 heavy (non-hydrogen) atoms. The summed E-state index contributed by atoms with van der Waals surface area (Å²) in [6.07, 6.45) is 4.27. The summed E-state index contributed by atoms with van der Waals surface area (Å²) in [5, 5.41) is 11.8. The van der Waals surface area contributed by atoms with Crippen LogP contribution in [-0.4, -0.2) is 38.5 Å². The fourth-order valence-electron chi connectivity index (χ4n) is 2.49. The molecule has 0 atom stereocenters. The van der Waals surface area contributed by atoms with Crippen LogP contribution in [0, 0.1) is 13.8 Å². The van der Waals surface area contributed by atoms with Crippen LogP contribution in [0.2, 0.25) is 0 Å². The molecule has 0 saturated heterocycles. The summed E-state index contributed by atoms with van der Waals surface area (Å²) in [6, 6.07) is 2.10. The summed E-state index contributed by atoms with van der Waals surface area (Å²) in [5.74, 6) is 0. The van der Waals surface area contributed by atoms with Crippen LogP contribution in [0.1, 0.15) is 36.0 Å². The normalized spacial score (nSPS) is 11.4. The highest BCUT2D eigenvalue weighted by atomic mass is 15.3. The molecule has 5 nitrogen and oxygen atoms in total. The van der Waals surface area contributed by atoms with E-state index in [1.807, 2.05) is 10.9 Å². The lowest BCUT2D eigenvalue weighted by atomic mass is 10.1. The van der Waals surface area contributed by atoms with E-state index >= 15 is 0 Å². The molecule has 0 aliphatic rings. The van der Waals surface area contributed by atoms with E-state index in [-0.39, 0.29) is 0 Å². The molecule has 0 bridgehead atoms. The maximum Gasteiger partial charge on any atom is 0.0764 e. The number of nitrogens with zero attached hydrogens (tertiary/aromatic N) is 4. The van der Waals surface area contributed by atoms with Gasteiger partial charge in [-0.25, -0.2) is 0 Å². The van der Waals surface area contributed by atoms with Gasteiger partial charge in [0.25, 0.3) is 0 Å². The molecule has 1 N–H and O–H groups in total. The molecule has 0 amide bonds. The maximum atomic E-state index is 4.51. The maximum absolute atomic E-state index is 4.51. The second kappa shape index (κ2) is 6.70. The van der Waals surface area contributed by atoms with Gasteiger partial charge in [0, 0.05) is 25.0 Å². The fraction of sp³-hybridized carbons (Fsp3) is 0.600. The molecule has 2 aromatic rings. The number of hydrogen-bond acceptors (Lipinski definition) is 3. The summed E-state index contributed by atoms with van der Waals surface area (Å²) < 4.78 is 1.97. The molecule has 0 unspecified atom stereocenters. The van der Waals surface area contributed by atoms with Crippen molar-refractivity contribution >= 4 is 0 Å². The van der Waals surface area contributed by atoms with Gasteiger partial charge in [0.2, 0.25) is 0 Å². The number of aromatic amines is 1. The number of H-pyrrole nitrogens is 1. The van der Waals surface area contributed by atoms with Gasteiger partial charge in [-0.2, -0.15) is 10.2 Å². The van der Waals surface area contributed by atoms with Crippen LogP contribution in [0.15, 0.2) is 12.3 Å². The van der Waals surface area contributed by atoms with Gasteiger partial charge < -0.3 is 4.90 Å². The molecule has 0 aromatic carbocycles. The average molecular weight is 275 g/mol. The minimum Gasteiger partial charge on any atom is -0.300 e. The highest BCUT2D eigenvalue weighted by Crippen LogP contribution is 2.12. The van der Waals surface area contributed by atoms with Crippen molar-refractivity contribution in [1.82, 2.24) is 24.9 Å². The Balaban J connectivity index is 1.76. The predicted molar refractivity (Wildman–Crippen MR) is 80.6 cm³/mol. The van der Waals surface area contributed by atoms with Crippen molar-refractivity contribution in [3.63, 3.8) is 0 Å². The minimum absolute atomic E-state index is 0.913. The standard InChI is InChI=1S/C15H25N5/c1-5-20-10-8-14(18-20)11-19(4)9-6-7-15-12(2)16-17-13(15)3/h8,10H,5-7,9,11H2,1-4H3,(H,16,17). The molecule has 0 aliphatic carbocycles. The lowest BCUT2D eigenvalue weighted by Crippen LogP contribution is -2.20. The van der Waals surface area contributed by atoms with Crippen LogP contribution in [0.5, 0.6) is 0 Å². The molecular weight excluding hydrogens is 250 g/mol. The Morgan fingerprint density at radius 2 is 2.15 bits per heavy atom. The second-order valence-corrected chi connectivity index (χ2v) is 5.42. The van der Waals surface area contributed by atoms with Gasteiger partial charge in [-0.15, -0.1) is 0 Å². The Bertz CT molecular complexity index is 521.